The molecule has 0 atom stereocenters. The lowest BCUT2D eigenvalue weighted by atomic mass is 9.95. The number of rotatable bonds is 10. The van der Waals surface area contributed by atoms with Crippen LogP contribution in [0.3, 0.4) is 0 Å². The average Bonchev–Trinajstić information content (AvgIpc) is 2.63. The number of amides is 1. The fraction of sp³-hybridized carbons (Fsp3) is 0.650. The van der Waals surface area contributed by atoms with Gasteiger partial charge in [-0.1, -0.05) is 6.07 Å². The first-order valence-corrected chi connectivity index (χ1v) is 9.45. The van der Waals surface area contributed by atoms with Crippen molar-refractivity contribution in [2.24, 2.45) is 5.92 Å². The third kappa shape index (κ3) is 6.94. The van der Waals surface area contributed by atoms with Gasteiger partial charge in [0.25, 0.3) is 0 Å². The molecule has 1 N–H and O–H groups in total. The van der Waals surface area contributed by atoms with Crippen LogP contribution in [0.1, 0.15) is 45.1 Å². The molecular formula is C20H31NO4. The Morgan fingerprint density at radius 2 is 1.88 bits per heavy atom. The monoisotopic (exact) mass is 349 g/mol. The Hall–Kier alpha value is -1.75. The molecule has 5 nitrogen and oxygen atoms in total. The van der Waals surface area contributed by atoms with Crippen molar-refractivity contribution in [3.8, 4) is 11.5 Å². The number of hydrogen-bond donors (Lipinski definition) is 1. The third-order valence-corrected chi connectivity index (χ3v) is 4.46. The van der Waals surface area contributed by atoms with Gasteiger partial charge < -0.3 is 19.5 Å². The zero-order valence-electron chi connectivity index (χ0n) is 15.5. The Morgan fingerprint density at radius 1 is 1.16 bits per heavy atom. The highest BCUT2D eigenvalue weighted by Gasteiger charge is 2.15. The van der Waals surface area contributed by atoms with Crippen LogP contribution in [-0.2, 0) is 16.0 Å². The summed E-state index contributed by atoms with van der Waals surface area (Å²) in [5.41, 5.74) is 1.14. The third-order valence-electron chi connectivity index (χ3n) is 4.46. The molecule has 1 fully saturated rings. The van der Waals surface area contributed by atoms with Crippen LogP contribution in [0.2, 0.25) is 0 Å². The number of carbonyl (C=O) groups excluding carboxylic acids is 1. The lowest BCUT2D eigenvalue weighted by Crippen LogP contribution is -2.26. The maximum absolute atomic E-state index is 12.0. The minimum Gasteiger partial charge on any atom is -0.490 e. The van der Waals surface area contributed by atoms with Crippen LogP contribution in [0.4, 0.5) is 0 Å². The summed E-state index contributed by atoms with van der Waals surface area (Å²) in [6.45, 7) is 7.46. The summed E-state index contributed by atoms with van der Waals surface area (Å²) >= 11 is 0. The van der Waals surface area contributed by atoms with E-state index in [0.717, 1.165) is 56.0 Å². The van der Waals surface area contributed by atoms with Gasteiger partial charge >= 0.3 is 0 Å². The predicted molar refractivity (Wildman–Crippen MR) is 98.3 cm³/mol. The van der Waals surface area contributed by atoms with Gasteiger partial charge in [0.1, 0.15) is 0 Å². The quantitative estimate of drug-likeness (QED) is 0.704. The summed E-state index contributed by atoms with van der Waals surface area (Å²) in [6, 6.07) is 5.97. The normalized spacial score (nSPS) is 15.0. The smallest absolute Gasteiger partial charge is 0.220 e. The largest absolute Gasteiger partial charge is 0.490 e. The first-order valence-electron chi connectivity index (χ1n) is 9.45. The Labute approximate surface area is 151 Å². The SMILES string of the molecule is CCOc1ccc(CCNC(=O)CCC2CCOCC2)cc1OCC. The molecule has 0 aliphatic carbocycles. The predicted octanol–water partition coefficient (Wildman–Crippen LogP) is 3.35. The number of ether oxygens (including phenoxy) is 3. The highest BCUT2D eigenvalue weighted by atomic mass is 16.5. The van der Waals surface area contributed by atoms with Crippen molar-refractivity contribution < 1.29 is 19.0 Å². The molecular weight excluding hydrogens is 318 g/mol. The van der Waals surface area contributed by atoms with Crippen molar-refractivity contribution in [2.45, 2.75) is 46.0 Å². The molecule has 1 aliphatic rings. The summed E-state index contributed by atoms with van der Waals surface area (Å²) in [4.78, 5) is 12.0. The molecule has 1 heterocycles. The van der Waals surface area contributed by atoms with Gasteiger partial charge in [-0.2, -0.15) is 0 Å². The lowest BCUT2D eigenvalue weighted by molar-refractivity contribution is -0.121. The number of carbonyl (C=O) groups is 1. The molecule has 1 saturated heterocycles. The Balaban J connectivity index is 1.72. The van der Waals surface area contributed by atoms with E-state index in [1.165, 1.54) is 0 Å². The van der Waals surface area contributed by atoms with Crippen LogP contribution in [-0.4, -0.2) is 38.9 Å². The van der Waals surface area contributed by atoms with E-state index >= 15 is 0 Å². The minimum atomic E-state index is 0.141. The maximum atomic E-state index is 12.0. The van der Waals surface area contributed by atoms with Gasteiger partial charge in [0, 0.05) is 26.2 Å². The van der Waals surface area contributed by atoms with Crippen LogP contribution < -0.4 is 14.8 Å². The second kappa shape index (κ2) is 11.0. The molecule has 0 saturated carbocycles. The van der Waals surface area contributed by atoms with Gasteiger partial charge in [-0.05, 0) is 63.1 Å². The molecule has 2 rings (SSSR count). The topological polar surface area (TPSA) is 56.8 Å². The van der Waals surface area contributed by atoms with E-state index in [1.807, 2.05) is 32.0 Å². The second-order valence-corrected chi connectivity index (χ2v) is 6.34. The first-order chi connectivity index (χ1) is 12.2. The van der Waals surface area contributed by atoms with E-state index in [9.17, 15) is 4.79 Å². The van der Waals surface area contributed by atoms with Crippen molar-refractivity contribution in [1.29, 1.82) is 0 Å². The van der Waals surface area contributed by atoms with Crippen LogP contribution in [0, 0.1) is 5.92 Å². The molecule has 25 heavy (non-hydrogen) atoms. The summed E-state index contributed by atoms with van der Waals surface area (Å²) in [7, 11) is 0. The van der Waals surface area contributed by atoms with Crippen molar-refractivity contribution in [1.82, 2.24) is 5.32 Å². The average molecular weight is 349 g/mol. The van der Waals surface area contributed by atoms with E-state index < -0.39 is 0 Å². The summed E-state index contributed by atoms with van der Waals surface area (Å²) < 4.78 is 16.6. The Kier molecular flexibility index (Phi) is 8.60. The summed E-state index contributed by atoms with van der Waals surface area (Å²) in [5, 5.41) is 3.02. The summed E-state index contributed by atoms with van der Waals surface area (Å²) in [6.07, 6.45) is 4.53. The molecule has 140 valence electrons. The molecule has 1 aromatic carbocycles. The highest BCUT2D eigenvalue weighted by molar-refractivity contribution is 5.75. The van der Waals surface area contributed by atoms with Gasteiger partial charge in [-0.25, -0.2) is 0 Å². The molecule has 0 aromatic heterocycles. The molecule has 0 unspecified atom stereocenters. The minimum absolute atomic E-state index is 0.141. The van der Waals surface area contributed by atoms with Crippen molar-refractivity contribution in [2.75, 3.05) is 33.0 Å². The molecule has 0 radical (unpaired) electrons. The molecule has 1 aromatic rings. The van der Waals surface area contributed by atoms with Crippen molar-refractivity contribution in [3.05, 3.63) is 23.8 Å². The fourth-order valence-electron chi connectivity index (χ4n) is 3.06. The molecule has 1 aliphatic heterocycles. The van der Waals surface area contributed by atoms with Crippen LogP contribution in [0.25, 0.3) is 0 Å². The van der Waals surface area contributed by atoms with E-state index in [0.29, 0.717) is 32.1 Å². The number of nitrogens with one attached hydrogen (secondary N) is 1. The maximum Gasteiger partial charge on any atom is 0.220 e. The van der Waals surface area contributed by atoms with Gasteiger partial charge in [0.15, 0.2) is 11.5 Å². The van der Waals surface area contributed by atoms with E-state index in [4.69, 9.17) is 14.2 Å². The molecule has 1 amide bonds. The Bertz CT molecular complexity index is 526. The zero-order valence-corrected chi connectivity index (χ0v) is 15.5. The lowest BCUT2D eigenvalue weighted by Gasteiger charge is -2.21. The highest BCUT2D eigenvalue weighted by Crippen LogP contribution is 2.28. The number of hydrogen-bond acceptors (Lipinski definition) is 4. The first kappa shape index (κ1) is 19.6. The van der Waals surface area contributed by atoms with E-state index in [1.54, 1.807) is 0 Å². The standard InChI is InChI=1S/C20H31NO4/c1-3-24-18-7-5-17(15-19(18)25-4-2)9-12-21-20(22)8-6-16-10-13-23-14-11-16/h5,7,15-16H,3-4,6,8-14H2,1-2H3,(H,21,22). The molecule has 0 spiro atoms. The zero-order chi connectivity index (χ0) is 17.9. The van der Waals surface area contributed by atoms with Gasteiger partial charge in [0.2, 0.25) is 5.91 Å². The Morgan fingerprint density at radius 3 is 2.60 bits per heavy atom. The van der Waals surface area contributed by atoms with E-state index in [-0.39, 0.29) is 5.91 Å². The van der Waals surface area contributed by atoms with Crippen molar-refractivity contribution >= 4 is 5.91 Å². The molecule has 5 heteroatoms. The number of benzene rings is 1. The second-order valence-electron chi connectivity index (χ2n) is 6.34. The van der Waals surface area contributed by atoms with Gasteiger partial charge in [0.05, 0.1) is 13.2 Å². The molecule has 0 bridgehead atoms. The summed E-state index contributed by atoms with van der Waals surface area (Å²) in [5.74, 6) is 2.32. The van der Waals surface area contributed by atoms with Crippen LogP contribution in [0.15, 0.2) is 18.2 Å². The van der Waals surface area contributed by atoms with E-state index in [2.05, 4.69) is 5.32 Å². The van der Waals surface area contributed by atoms with Crippen molar-refractivity contribution in [3.63, 3.8) is 0 Å². The van der Waals surface area contributed by atoms with Gasteiger partial charge in [-0.3, -0.25) is 4.79 Å². The fourth-order valence-corrected chi connectivity index (χ4v) is 3.06. The van der Waals surface area contributed by atoms with Crippen LogP contribution >= 0.6 is 0 Å². The van der Waals surface area contributed by atoms with Crippen LogP contribution in [0.5, 0.6) is 11.5 Å². The van der Waals surface area contributed by atoms with Gasteiger partial charge in [-0.15, -0.1) is 0 Å².